The smallest absolute Gasteiger partial charge is 0.352 e. The van der Waals surface area contributed by atoms with Crippen molar-refractivity contribution in [1.82, 2.24) is 10.3 Å². The third-order valence-corrected chi connectivity index (χ3v) is 5.24. The third-order valence-electron chi connectivity index (χ3n) is 3.89. The van der Waals surface area contributed by atoms with Gasteiger partial charge in [0.05, 0.1) is 16.8 Å². The zero-order chi connectivity index (χ0) is 23.4. The second-order valence-electron chi connectivity index (χ2n) is 6.16. The zero-order valence-corrected chi connectivity index (χ0v) is 16.3. The molecule has 0 fully saturated rings. The summed E-state index contributed by atoms with van der Waals surface area (Å²) in [7, 11) is -4.41. The molecule has 0 radical (unpaired) electrons. The van der Waals surface area contributed by atoms with Crippen LogP contribution in [0, 0.1) is 0 Å². The average Bonchev–Trinajstić information content (AvgIpc) is 2.66. The van der Waals surface area contributed by atoms with Gasteiger partial charge in [-0.25, -0.2) is 8.42 Å². The number of hydrogen-bond donors (Lipinski definition) is 2. The van der Waals surface area contributed by atoms with Crippen molar-refractivity contribution in [1.29, 1.82) is 0 Å². The lowest BCUT2D eigenvalue weighted by Crippen LogP contribution is -2.28. The van der Waals surface area contributed by atoms with Crippen LogP contribution in [0.1, 0.15) is 22.3 Å². The number of anilines is 1. The van der Waals surface area contributed by atoms with Gasteiger partial charge < -0.3 is 5.32 Å². The number of alkyl halides is 6. The van der Waals surface area contributed by atoms with E-state index in [4.69, 9.17) is 0 Å². The molecule has 2 aromatic rings. The molecule has 0 aliphatic carbocycles. The molecular weight excluding hydrogens is 452 g/mol. The largest absolute Gasteiger partial charge is 0.416 e. The van der Waals surface area contributed by atoms with Crippen molar-refractivity contribution in [3.8, 4) is 0 Å². The molecule has 0 bridgehead atoms. The maximum absolute atomic E-state index is 13.1. The fourth-order valence-electron chi connectivity index (χ4n) is 2.28. The number of aromatic nitrogens is 1. The van der Waals surface area contributed by atoms with Crippen LogP contribution in [0.5, 0.6) is 0 Å². The topological polar surface area (TPSA) is 88.2 Å². The molecule has 2 N–H and O–H groups in total. The summed E-state index contributed by atoms with van der Waals surface area (Å²) in [5.74, 6) is -1.08. The molecule has 31 heavy (non-hydrogen) atoms. The molecule has 6 nitrogen and oxygen atoms in total. The molecule has 0 saturated carbocycles. The first-order chi connectivity index (χ1) is 14.2. The number of hydrogen-bond acceptors (Lipinski definition) is 4. The Morgan fingerprint density at radius 2 is 1.77 bits per heavy atom. The number of amides is 1. The summed E-state index contributed by atoms with van der Waals surface area (Å²) in [4.78, 5) is 15.6. The summed E-state index contributed by atoms with van der Waals surface area (Å²) in [6, 6.07) is 4.09. The second kappa shape index (κ2) is 8.96. The van der Waals surface area contributed by atoms with Gasteiger partial charge in [-0.3, -0.25) is 14.5 Å². The highest BCUT2D eigenvalue weighted by Gasteiger charge is 2.33. The zero-order valence-electron chi connectivity index (χ0n) is 15.5. The van der Waals surface area contributed by atoms with Crippen molar-refractivity contribution in [2.45, 2.75) is 23.7 Å². The van der Waals surface area contributed by atoms with Gasteiger partial charge in [-0.15, -0.1) is 0 Å². The van der Waals surface area contributed by atoms with Gasteiger partial charge in [0.25, 0.3) is 15.9 Å². The Morgan fingerprint density at radius 1 is 1.10 bits per heavy atom. The van der Waals surface area contributed by atoms with Crippen molar-refractivity contribution in [2.75, 3.05) is 11.3 Å². The van der Waals surface area contributed by atoms with Crippen molar-refractivity contribution in [3.05, 3.63) is 66.0 Å². The van der Waals surface area contributed by atoms with Gasteiger partial charge in [0.2, 0.25) is 0 Å². The van der Waals surface area contributed by atoms with Crippen LogP contribution in [-0.2, 0) is 16.2 Å². The van der Waals surface area contributed by atoms with Crippen molar-refractivity contribution in [3.63, 3.8) is 0 Å². The van der Waals surface area contributed by atoms with Gasteiger partial charge in [-0.1, -0.05) is 6.58 Å². The maximum atomic E-state index is 13.1. The predicted octanol–water partition coefficient (Wildman–Crippen LogP) is 4.14. The molecule has 0 aliphatic heterocycles. The van der Waals surface area contributed by atoms with Gasteiger partial charge in [0.1, 0.15) is 4.90 Å². The lowest BCUT2D eigenvalue weighted by atomic mass is 10.1. The van der Waals surface area contributed by atoms with E-state index < -0.39 is 63.6 Å². The van der Waals surface area contributed by atoms with Crippen LogP contribution in [-0.4, -0.2) is 32.0 Å². The summed E-state index contributed by atoms with van der Waals surface area (Å²) in [6.07, 6.45) is -7.94. The van der Waals surface area contributed by atoms with Gasteiger partial charge in [0.15, 0.2) is 0 Å². The summed E-state index contributed by atoms with van der Waals surface area (Å²) >= 11 is 0. The summed E-state index contributed by atoms with van der Waals surface area (Å²) in [6.45, 7) is 2.31. The maximum Gasteiger partial charge on any atom is 0.416 e. The van der Waals surface area contributed by atoms with Gasteiger partial charge in [-0.05, 0) is 36.8 Å². The van der Waals surface area contributed by atoms with E-state index in [2.05, 4.69) is 16.9 Å². The van der Waals surface area contributed by atoms with Crippen LogP contribution in [0.3, 0.4) is 0 Å². The number of pyridine rings is 1. The molecule has 0 unspecified atom stereocenters. The molecule has 1 amide bonds. The van der Waals surface area contributed by atoms with Crippen LogP contribution in [0.15, 0.2) is 59.8 Å². The average molecular weight is 467 g/mol. The molecule has 0 aliphatic rings. The van der Waals surface area contributed by atoms with Gasteiger partial charge in [-0.2, -0.15) is 26.3 Å². The molecule has 0 saturated heterocycles. The van der Waals surface area contributed by atoms with Crippen LogP contribution < -0.4 is 10.0 Å². The Balaban J connectivity index is 2.32. The number of benzene rings is 1. The summed E-state index contributed by atoms with van der Waals surface area (Å²) < 4.78 is 103. The van der Waals surface area contributed by atoms with Crippen LogP contribution in [0.2, 0.25) is 0 Å². The third kappa shape index (κ3) is 6.44. The van der Waals surface area contributed by atoms with Crippen molar-refractivity contribution < 1.29 is 39.6 Å². The minimum atomic E-state index is -4.84. The quantitative estimate of drug-likeness (QED) is 0.473. The van der Waals surface area contributed by atoms with E-state index in [1.807, 2.05) is 4.72 Å². The molecule has 13 heteroatoms. The first-order valence-corrected chi connectivity index (χ1v) is 9.87. The fraction of sp³-hybridized carbons (Fsp3) is 0.222. The van der Waals surface area contributed by atoms with E-state index in [1.165, 1.54) is 12.3 Å². The highest BCUT2D eigenvalue weighted by molar-refractivity contribution is 7.92. The minimum Gasteiger partial charge on any atom is -0.352 e. The highest BCUT2D eigenvalue weighted by Crippen LogP contribution is 2.33. The molecule has 1 aromatic heterocycles. The number of carbonyl (C=O) groups excluding carboxylic acids is 1. The molecule has 2 rings (SSSR count). The minimum absolute atomic E-state index is 0.375. The molecular formula is C18H15F6N3O3S. The number of nitrogens with one attached hydrogen (secondary N) is 2. The molecule has 0 spiro atoms. The second-order valence-corrected chi connectivity index (χ2v) is 7.84. The monoisotopic (exact) mass is 467 g/mol. The Kier molecular flexibility index (Phi) is 6.99. The van der Waals surface area contributed by atoms with Crippen LogP contribution >= 0.6 is 0 Å². The van der Waals surface area contributed by atoms with E-state index in [0.717, 1.165) is 18.3 Å². The van der Waals surface area contributed by atoms with E-state index >= 15 is 0 Å². The van der Waals surface area contributed by atoms with E-state index in [1.54, 1.807) is 0 Å². The molecule has 1 aromatic carbocycles. The van der Waals surface area contributed by atoms with Gasteiger partial charge >= 0.3 is 12.4 Å². The van der Waals surface area contributed by atoms with Crippen molar-refractivity contribution in [2.24, 2.45) is 0 Å². The highest BCUT2D eigenvalue weighted by atomic mass is 32.2. The van der Waals surface area contributed by atoms with E-state index in [0.29, 0.717) is 12.1 Å². The number of carbonyl (C=O) groups is 1. The number of sulfonamides is 1. The number of nitrogens with zero attached hydrogens (tertiary/aromatic N) is 1. The Morgan fingerprint density at radius 3 is 2.32 bits per heavy atom. The normalized spacial score (nSPS) is 12.3. The van der Waals surface area contributed by atoms with Crippen molar-refractivity contribution >= 4 is 21.6 Å². The van der Waals surface area contributed by atoms with Gasteiger partial charge in [0, 0.05) is 24.5 Å². The lowest BCUT2D eigenvalue weighted by Gasteiger charge is -2.16. The van der Waals surface area contributed by atoms with E-state index in [-0.39, 0.29) is 4.90 Å². The molecule has 1 heterocycles. The Bertz CT molecular complexity index is 1070. The summed E-state index contributed by atoms with van der Waals surface area (Å²) in [5, 5.41) is 2.10. The first kappa shape index (κ1) is 24.2. The van der Waals surface area contributed by atoms with Crippen LogP contribution in [0.4, 0.5) is 32.0 Å². The number of halogens is 6. The lowest BCUT2D eigenvalue weighted by molar-refractivity contribution is -0.137. The Labute approximate surface area is 173 Å². The first-order valence-electron chi connectivity index (χ1n) is 8.39. The number of rotatable bonds is 7. The SMILES string of the molecule is C=C(CCNC(=O)c1ccc(C(F)(F)F)cc1NS(=O)(=O)c1cccnc1)C(F)(F)F. The fourth-order valence-corrected chi connectivity index (χ4v) is 3.31. The molecule has 0 atom stereocenters. The predicted molar refractivity (Wildman–Crippen MR) is 98.6 cm³/mol. The summed E-state index contributed by atoms with van der Waals surface area (Å²) in [5.41, 5.74) is -3.57. The van der Waals surface area contributed by atoms with E-state index in [9.17, 15) is 39.6 Å². The molecule has 168 valence electrons. The standard InChI is InChI=1S/C18H15F6N3O3S/c1-11(17(19,20)21)6-8-26-16(28)14-5-4-12(18(22,23)24)9-15(14)27-31(29,30)13-3-2-7-25-10-13/h2-5,7,9-10,27H,1,6,8H2,(H,26,28). The van der Waals surface area contributed by atoms with Crippen LogP contribution in [0.25, 0.3) is 0 Å². The Hall–Kier alpha value is -3.09.